The number of thiazole rings is 1. The second-order valence-electron chi connectivity index (χ2n) is 7.81. The van der Waals surface area contributed by atoms with Crippen molar-refractivity contribution >= 4 is 49.6 Å². The first kappa shape index (κ1) is 22.5. The first-order valence-electron chi connectivity index (χ1n) is 9.58. The molecule has 4 rings (SSSR count). The molecule has 2 aromatic rings. The molecule has 1 fully saturated rings. The van der Waals surface area contributed by atoms with Gasteiger partial charge in [0.25, 0.3) is 10.2 Å². The molecule has 12 nitrogen and oxygen atoms in total. The van der Waals surface area contributed by atoms with Crippen LogP contribution in [0.3, 0.4) is 0 Å². The monoisotopic (exact) mass is 483 g/mol. The lowest BCUT2D eigenvalue weighted by atomic mass is 9.83. The molecule has 2 aromatic heterocycles. The van der Waals surface area contributed by atoms with Crippen LogP contribution in [0.15, 0.2) is 18.2 Å². The lowest BCUT2D eigenvalue weighted by molar-refractivity contribution is -0.161. The van der Waals surface area contributed by atoms with Crippen LogP contribution in [0.2, 0.25) is 0 Å². The zero-order valence-corrected chi connectivity index (χ0v) is 19.0. The Morgan fingerprint density at radius 1 is 1.41 bits per heavy atom. The number of hydrogen-bond donors (Lipinski definition) is 3. The third-order valence-corrected chi connectivity index (χ3v) is 8.24. The first-order valence-corrected chi connectivity index (χ1v) is 11.8. The highest BCUT2D eigenvalue weighted by Gasteiger charge is 2.57. The van der Waals surface area contributed by atoms with E-state index >= 15 is 0 Å². The highest BCUT2D eigenvalue weighted by molar-refractivity contribution is 7.87. The predicted molar refractivity (Wildman–Crippen MR) is 113 cm³/mol. The molecule has 3 atom stereocenters. The number of aromatic nitrogens is 2. The largest absolute Gasteiger partial charge is 0.477 e. The van der Waals surface area contributed by atoms with Gasteiger partial charge in [-0.1, -0.05) is 0 Å². The molecule has 14 heteroatoms. The maximum absolute atomic E-state index is 12.6. The van der Waals surface area contributed by atoms with Gasteiger partial charge in [0, 0.05) is 25.9 Å². The summed E-state index contributed by atoms with van der Waals surface area (Å²) in [6.07, 6.45) is 2.39. The maximum atomic E-state index is 12.6. The standard InChI is InChI=1S/C18H21N5O7S2/c1-8(24)13-10-4-9(15(18(27)28)23(10)16(13)26)12-6-22-7-19-14(17(22)31-12)11(25)5-20-32(29,30)21(2)3/h6-8,10,13,20,24H,4-5H2,1-3H3,(H,27,28)/t8-,10-,13-/m1/s1. The number of Topliss-reactive ketones (excluding diaryl/α,β-unsaturated/α-hetero) is 1. The smallest absolute Gasteiger partial charge is 0.352 e. The Labute approximate surface area is 186 Å². The summed E-state index contributed by atoms with van der Waals surface area (Å²) in [6.45, 7) is 1.02. The summed E-state index contributed by atoms with van der Waals surface area (Å²) in [5, 5.41) is 19.6. The van der Waals surface area contributed by atoms with Gasteiger partial charge in [-0.25, -0.2) is 9.78 Å². The average molecular weight is 484 g/mol. The van der Waals surface area contributed by atoms with Crippen LogP contribution in [0.25, 0.3) is 10.4 Å². The summed E-state index contributed by atoms with van der Waals surface area (Å²) in [6, 6.07) is -0.426. The molecule has 0 aliphatic carbocycles. The van der Waals surface area contributed by atoms with Crippen LogP contribution in [-0.4, -0.2) is 87.7 Å². The van der Waals surface area contributed by atoms with E-state index in [0.717, 1.165) is 15.6 Å². The molecule has 3 N–H and O–H groups in total. The molecule has 32 heavy (non-hydrogen) atoms. The fourth-order valence-corrected chi connectivity index (χ4v) is 5.71. The van der Waals surface area contributed by atoms with Gasteiger partial charge in [0.1, 0.15) is 22.5 Å². The van der Waals surface area contributed by atoms with Crippen molar-refractivity contribution < 1.29 is 33.0 Å². The van der Waals surface area contributed by atoms with E-state index in [1.807, 2.05) is 0 Å². The highest BCUT2D eigenvalue weighted by atomic mass is 32.2. The molecular weight excluding hydrogens is 462 g/mol. The molecule has 0 spiro atoms. The van der Waals surface area contributed by atoms with Crippen LogP contribution >= 0.6 is 11.3 Å². The van der Waals surface area contributed by atoms with Gasteiger partial charge in [0.2, 0.25) is 5.91 Å². The summed E-state index contributed by atoms with van der Waals surface area (Å²) >= 11 is 1.13. The lowest BCUT2D eigenvalue weighted by Gasteiger charge is -2.44. The molecule has 1 saturated heterocycles. The minimum absolute atomic E-state index is 0.0550. The van der Waals surface area contributed by atoms with Gasteiger partial charge in [-0.2, -0.15) is 17.4 Å². The molecule has 2 aliphatic rings. The number of β-lactam (4-membered cyclic amide) rings is 1. The topological polar surface area (TPSA) is 162 Å². The number of imidazole rings is 1. The Morgan fingerprint density at radius 2 is 2.09 bits per heavy atom. The van der Waals surface area contributed by atoms with Crippen LogP contribution < -0.4 is 4.72 Å². The number of nitrogens with one attached hydrogen (secondary N) is 1. The molecule has 1 amide bonds. The van der Waals surface area contributed by atoms with Gasteiger partial charge >= 0.3 is 5.97 Å². The fourth-order valence-electron chi connectivity index (χ4n) is 3.99. The second-order valence-corrected chi connectivity index (χ2v) is 10.8. The second kappa shape index (κ2) is 7.74. The van der Waals surface area contributed by atoms with Gasteiger partial charge in [-0.3, -0.25) is 14.0 Å². The van der Waals surface area contributed by atoms with Crippen LogP contribution in [0, 0.1) is 5.92 Å². The number of aliphatic carboxylic acids is 1. The van der Waals surface area contributed by atoms with Crippen molar-refractivity contribution in [2.24, 2.45) is 5.92 Å². The van der Waals surface area contributed by atoms with E-state index in [1.54, 1.807) is 10.6 Å². The van der Waals surface area contributed by atoms with E-state index in [1.165, 1.54) is 32.2 Å². The lowest BCUT2D eigenvalue weighted by Crippen LogP contribution is -2.61. The zero-order valence-electron chi connectivity index (χ0n) is 17.3. The molecule has 0 radical (unpaired) electrons. The Hall–Kier alpha value is -2.65. The van der Waals surface area contributed by atoms with Crippen LogP contribution in [0.1, 0.15) is 28.7 Å². The third-order valence-electron chi connectivity index (χ3n) is 5.60. The number of carboxylic acid groups (broad SMARTS) is 1. The number of ketones is 1. The Morgan fingerprint density at radius 3 is 2.69 bits per heavy atom. The summed E-state index contributed by atoms with van der Waals surface area (Å²) < 4.78 is 28.4. The maximum Gasteiger partial charge on any atom is 0.352 e. The number of hydrogen-bond acceptors (Lipinski definition) is 8. The van der Waals surface area contributed by atoms with Crippen LogP contribution in [0.5, 0.6) is 0 Å². The number of aliphatic hydroxyl groups is 1. The minimum atomic E-state index is -3.78. The number of carbonyl (C=O) groups excluding carboxylic acids is 2. The number of carbonyl (C=O) groups is 3. The molecule has 0 unspecified atom stereocenters. The van der Waals surface area contributed by atoms with Crippen molar-refractivity contribution in [1.82, 2.24) is 23.3 Å². The molecule has 0 aromatic carbocycles. The van der Waals surface area contributed by atoms with Gasteiger partial charge in [-0.05, 0) is 13.3 Å². The van der Waals surface area contributed by atoms with E-state index in [0.29, 0.717) is 15.3 Å². The summed E-state index contributed by atoms with van der Waals surface area (Å²) in [7, 11) is -1.12. The quantitative estimate of drug-likeness (QED) is 0.331. The van der Waals surface area contributed by atoms with Gasteiger partial charge in [0.05, 0.1) is 29.5 Å². The van der Waals surface area contributed by atoms with Crippen molar-refractivity contribution in [2.75, 3.05) is 20.6 Å². The number of aliphatic hydroxyl groups excluding tert-OH is 1. The number of amides is 1. The Balaban J connectivity index is 1.65. The summed E-state index contributed by atoms with van der Waals surface area (Å²) in [5.74, 6) is -2.87. The number of fused-ring (bicyclic) bond motifs is 2. The van der Waals surface area contributed by atoms with Crippen molar-refractivity contribution in [3.63, 3.8) is 0 Å². The van der Waals surface area contributed by atoms with Crippen molar-refractivity contribution in [1.29, 1.82) is 0 Å². The van der Waals surface area contributed by atoms with Gasteiger partial charge in [0.15, 0.2) is 5.78 Å². The van der Waals surface area contributed by atoms with E-state index in [2.05, 4.69) is 9.71 Å². The molecular formula is C18H21N5O7S2. The molecule has 0 saturated carbocycles. The van der Waals surface area contributed by atoms with E-state index in [4.69, 9.17) is 0 Å². The Kier molecular flexibility index (Phi) is 5.45. The van der Waals surface area contributed by atoms with Crippen LogP contribution in [-0.2, 0) is 19.8 Å². The van der Waals surface area contributed by atoms with Gasteiger partial charge < -0.3 is 15.1 Å². The normalized spacial score (nSPS) is 21.9. The predicted octanol–water partition coefficient (Wildman–Crippen LogP) is -0.618. The number of rotatable bonds is 8. The highest BCUT2D eigenvalue weighted by Crippen LogP contribution is 2.48. The summed E-state index contributed by atoms with van der Waals surface area (Å²) in [4.78, 5) is 43.1. The van der Waals surface area contributed by atoms with E-state index in [-0.39, 0.29) is 17.8 Å². The molecule has 172 valence electrons. The molecule has 2 aliphatic heterocycles. The van der Waals surface area contributed by atoms with E-state index in [9.17, 15) is 33.0 Å². The SMILES string of the molecule is C[C@@H](O)[C@H]1C(=O)N2C(C(=O)O)=C(c3cn4cnc(C(=O)CNS(=O)(=O)N(C)C)c4s3)C[C@H]12. The number of nitrogens with zero attached hydrogens (tertiary/aromatic N) is 4. The Bertz CT molecular complexity index is 1270. The number of carboxylic acids is 1. The average Bonchev–Trinajstić information content (AvgIpc) is 3.35. The van der Waals surface area contributed by atoms with Crippen molar-refractivity contribution in [2.45, 2.75) is 25.5 Å². The van der Waals surface area contributed by atoms with E-state index < -0.39 is 52.5 Å². The molecule has 4 heterocycles. The van der Waals surface area contributed by atoms with Crippen molar-refractivity contribution in [3.8, 4) is 0 Å². The zero-order chi connectivity index (χ0) is 23.5. The molecule has 0 bridgehead atoms. The fraction of sp³-hybridized carbons (Fsp3) is 0.444. The van der Waals surface area contributed by atoms with Gasteiger partial charge in [-0.15, -0.1) is 11.3 Å². The third kappa shape index (κ3) is 3.44. The summed E-state index contributed by atoms with van der Waals surface area (Å²) in [5.41, 5.74) is 0.375. The minimum Gasteiger partial charge on any atom is -0.477 e. The van der Waals surface area contributed by atoms with Crippen molar-refractivity contribution in [3.05, 3.63) is 28.8 Å². The van der Waals surface area contributed by atoms with Crippen LogP contribution in [0.4, 0.5) is 0 Å². The first-order chi connectivity index (χ1) is 14.9.